The van der Waals surface area contributed by atoms with Gasteiger partial charge >= 0.3 is 5.97 Å². The Balaban J connectivity index is 1.46. The van der Waals surface area contributed by atoms with Gasteiger partial charge in [-0.05, 0) is 64.7 Å². The first kappa shape index (κ1) is 24.4. The fourth-order valence-electron chi connectivity index (χ4n) is 4.53. The van der Waals surface area contributed by atoms with Gasteiger partial charge in [-0.15, -0.1) is 0 Å². The SMILES string of the molecule is O=C(O)c1ccc(-c2ccc(-c3ccc(C(=O)N4CCC(F)(F)CC4)cc3)cc2-c2ccc(F)cc2)[nH]1. The second kappa shape index (κ2) is 9.61. The molecule has 0 aliphatic carbocycles. The van der Waals surface area contributed by atoms with E-state index in [0.717, 1.165) is 27.8 Å². The molecule has 5 nitrogen and oxygen atoms in total. The number of nitrogens with zero attached hydrogens (tertiary/aromatic N) is 1. The number of hydrogen-bond donors (Lipinski definition) is 2. The highest BCUT2D eigenvalue weighted by Crippen LogP contribution is 2.36. The number of carboxylic acid groups (broad SMARTS) is 1. The number of amides is 1. The van der Waals surface area contributed by atoms with Gasteiger partial charge in [-0.25, -0.2) is 18.0 Å². The van der Waals surface area contributed by atoms with Crippen LogP contribution in [0.4, 0.5) is 13.2 Å². The fraction of sp³-hybridized carbons (Fsp3) is 0.172. The number of likely N-dealkylation sites (tertiary alicyclic amines) is 1. The highest BCUT2D eigenvalue weighted by atomic mass is 19.3. The number of carbonyl (C=O) groups is 2. The summed E-state index contributed by atoms with van der Waals surface area (Å²) in [4.78, 5) is 28.5. The zero-order valence-electron chi connectivity index (χ0n) is 19.7. The van der Waals surface area contributed by atoms with Crippen molar-refractivity contribution in [3.05, 3.63) is 95.9 Å². The van der Waals surface area contributed by atoms with Gasteiger partial charge in [-0.2, -0.15) is 0 Å². The lowest BCUT2D eigenvalue weighted by atomic mass is 9.93. The molecule has 1 aliphatic rings. The molecule has 188 valence electrons. The summed E-state index contributed by atoms with van der Waals surface area (Å²) in [6, 6.07) is 21.8. The van der Waals surface area contributed by atoms with Crippen LogP contribution in [0, 0.1) is 5.82 Å². The van der Waals surface area contributed by atoms with E-state index in [-0.39, 0.29) is 43.3 Å². The minimum Gasteiger partial charge on any atom is -0.477 e. The van der Waals surface area contributed by atoms with E-state index in [4.69, 9.17) is 0 Å². The summed E-state index contributed by atoms with van der Waals surface area (Å²) in [5.74, 6) is -4.43. The van der Waals surface area contributed by atoms with Crippen molar-refractivity contribution >= 4 is 11.9 Å². The fourth-order valence-corrected chi connectivity index (χ4v) is 4.53. The highest BCUT2D eigenvalue weighted by molar-refractivity contribution is 5.95. The molecule has 0 bridgehead atoms. The third kappa shape index (κ3) is 5.14. The number of carbonyl (C=O) groups excluding carboxylic acids is 1. The molecular formula is C29H23F3N2O3. The molecule has 0 unspecified atom stereocenters. The van der Waals surface area contributed by atoms with Crippen LogP contribution < -0.4 is 0 Å². The Morgan fingerprint density at radius 1 is 0.784 bits per heavy atom. The number of nitrogens with one attached hydrogen (secondary N) is 1. The second-order valence-corrected chi connectivity index (χ2v) is 9.08. The third-order valence-corrected chi connectivity index (χ3v) is 6.63. The van der Waals surface area contributed by atoms with Crippen LogP contribution >= 0.6 is 0 Å². The van der Waals surface area contributed by atoms with Crippen LogP contribution in [0.3, 0.4) is 0 Å². The number of carboxylic acids is 1. The van der Waals surface area contributed by atoms with E-state index in [1.807, 2.05) is 18.2 Å². The molecule has 0 saturated carbocycles. The summed E-state index contributed by atoms with van der Waals surface area (Å²) >= 11 is 0. The molecule has 2 heterocycles. The molecule has 1 amide bonds. The van der Waals surface area contributed by atoms with E-state index in [2.05, 4.69) is 4.98 Å². The molecule has 8 heteroatoms. The second-order valence-electron chi connectivity index (χ2n) is 9.08. The Hall–Kier alpha value is -4.33. The maximum atomic E-state index is 13.6. The predicted octanol–water partition coefficient (Wildman–Crippen LogP) is 6.72. The molecule has 4 aromatic rings. The normalized spacial score (nSPS) is 14.9. The van der Waals surface area contributed by atoms with Crippen LogP contribution in [0.15, 0.2) is 78.9 Å². The van der Waals surface area contributed by atoms with Crippen molar-refractivity contribution in [2.45, 2.75) is 18.8 Å². The van der Waals surface area contributed by atoms with Crippen molar-refractivity contribution in [2.24, 2.45) is 0 Å². The van der Waals surface area contributed by atoms with Gasteiger partial charge in [0.25, 0.3) is 11.8 Å². The summed E-state index contributed by atoms with van der Waals surface area (Å²) in [5.41, 5.74) is 5.02. The topological polar surface area (TPSA) is 73.4 Å². The summed E-state index contributed by atoms with van der Waals surface area (Å²) in [7, 11) is 0. The van der Waals surface area contributed by atoms with Crippen LogP contribution in [-0.2, 0) is 0 Å². The van der Waals surface area contributed by atoms with Crippen molar-refractivity contribution in [3.63, 3.8) is 0 Å². The number of alkyl halides is 2. The highest BCUT2D eigenvalue weighted by Gasteiger charge is 2.35. The number of halogens is 3. The molecule has 1 fully saturated rings. The molecule has 1 aromatic heterocycles. The lowest BCUT2D eigenvalue weighted by Gasteiger charge is -2.31. The Bertz CT molecular complexity index is 1450. The monoisotopic (exact) mass is 504 g/mol. The number of hydrogen-bond acceptors (Lipinski definition) is 2. The average molecular weight is 505 g/mol. The van der Waals surface area contributed by atoms with Crippen molar-refractivity contribution in [1.82, 2.24) is 9.88 Å². The minimum absolute atomic E-state index is 0.0262. The predicted molar refractivity (Wildman–Crippen MR) is 134 cm³/mol. The number of H-pyrrole nitrogens is 1. The molecular weight excluding hydrogens is 481 g/mol. The van der Waals surface area contributed by atoms with Gasteiger partial charge in [0.2, 0.25) is 0 Å². The number of aromatic nitrogens is 1. The van der Waals surface area contributed by atoms with Crippen LogP contribution in [-0.4, -0.2) is 45.9 Å². The van der Waals surface area contributed by atoms with Gasteiger partial charge in [0.05, 0.1) is 0 Å². The Kier molecular flexibility index (Phi) is 6.33. The van der Waals surface area contributed by atoms with E-state index in [9.17, 15) is 27.9 Å². The van der Waals surface area contributed by atoms with Gasteiger partial charge in [0, 0.05) is 42.8 Å². The van der Waals surface area contributed by atoms with Gasteiger partial charge < -0.3 is 15.0 Å². The van der Waals surface area contributed by atoms with Crippen molar-refractivity contribution in [1.29, 1.82) is 0 Å². The zero-order chi connectivity index (χ0) is 26.2. The number of rotatable bonds is 5. The van der Waals surface area contributed by atoms with E-state index < -0.39 is 11.9 Å². The molecule has 0 radical (unpaired) electrons. The number of aromatic amines is 1. The zero-order valence-corrected chi connectivity index (χ0v) is 19.7. The number of benzene rings is 3. The van der Waals surface area contributed by atoms with E-state index in [0.29, 0.717) is 11.3 Å². The van der Waals surface area contributed by atoms with E-state index in [1.54, 1.807) is 42.5 Å². The lowest BCUT2D eigenvalue weighted by molar-refractivity contribution is -0.0494. The van der Waals surface area contributed by atoms with Crippen molar-refractivity contribution in [3.8, 4) is 33.5 Å². The van der Waals surface area contributed by atoms with Crippen LogP contribution in [0.2, 0.25) is 0 Å². The van der Waals surface area contributed by atoms with Gasteiger partial charge in [-0.3, -0.25) is 4.79 Å². The Morgan fingerprint density at radius 3 is 2.03 bits per heavy atom. The molecule has 3 aromatic carbocycles. The van der Waals surface area contributed by atoms with Crippen molar-refractivity contribution in [2.75, 3.05) is 13.1 Å². The lowest BCUT2D eigenvalue weighted by Crippen LogP contribution is -2.42. The first-order valence-electron chi connectivity index (χ1n) is 11.8. The smallest absolute Gasteiger partial charge is 0.352 e. The molecule has 1 aliphatic heterocycles. The van der Waals surface area contributed by atoms with Gasteiger partial charge in [0.1, 0.15) is 11.5 Å². The van der Waals surface area contributed by atoms with E-state index >= 15 is 0 Å². The van der Waals surface area contributed by atoms with Crippen molar-refractivity contribution < 1.29 is 27.9 Å². The standard InChI is InChI=1S/C29H23F3N2O3/c30-22-8-5-19(6-9-22)24-17-21(7-10-23(24)25-11-12-26(33-25)28(36)37)18-1-3-20(4-2-18)27(35)34-15-13-29(31,32)14-16-34/h1-12,17,33H,13-16H2,(H,36,37). The summed E-state index contributed by atoms with van der Waals surface area (Å²) in [6.07, 6.45) is -0.659. The molecule has 0 atom stereocenters. The molecule has 5 rings (SSSR count). The van der Waals surface area contributed by atoms with Gasteiger partial charge in [0.15, 0.2) is 0 Å². The molecule has 0 spiro atoms. The average Bonchev–Trinajstić information content (AvgIpc) is 3.39. The van der Waals surface area contributed by atoms with E-state index in [1.165, 1.54) is 23.1 Å². The first-order valence-corrected chi connectivity index (χ1v) is 11.8. The van der Waals surface area contributed by atoms with Gasteiger partial charge in [-0.1, -0.05) is 36.4 Å². The molecule has 37 heavy (non-hydrogen) atoms. The summed E-state index contributed by atoms with van der Waals surface area (Å²) in [5, 5.41) is 9.29. The summed E-state index contributed by atoms with van der Waals surface area (Å²) in [6.45, 7) is 0.0524. The number of piperidine rings is 1. The maximum Gasteiger partial charge on any atom is 0.352 e. The first-order chi connectivity index (χ1) is 17.7. The Labute approximate surface area is 211 Å². The van der Waals surface area contributed by atoms with Crippen LogP contribution in [0.25, 0.3) is 33.5 Å². The molecule has 1 saturated heterocycles. The molecule has 2 N–H and O–H groups in total. The largest absolute Gasteiger partial charge is 0.477 e. The summed E-state index contributed by atoms with van der Waals surface area (Å²) < 4.78 is 40.5. The number of aromatic carboxylic acids is 1. The maximum absolute atomic E-state index is 13.6. The van der Waals surface area contributed by atoms with Crippen LogP contribution in [0.1, 0.15) is 33.7 Å². The third-order valence-electron chi connectivity index (χ3n) is 6.63. The minimum atomic E-state index is -2.72. The quantitative estimate of drug-likeness (QED) is 0.317. The van der Waals surface area contributed by atoms with Crippen LogP contribution in [0.5, 0.6) is 0 Å². The Morgan fingerprint density at radius 2 is 1.41 bits per heavy atom.